The number of hydrogen-bond donors (Lipinski definition) is 3. The van der Waals surface area contributed by atoms with Crippen molar-refractivity contribution in [3.05, 3.63) is 29.8 Å². The molecule has 9 heteroatoms. The lowest BCUT2D eigenvalue weighted by Gasteiger charge is -2.26. The highest BCUT2D eigenvalue weighted by Gasteiger charge is 2.51. The van der Waals surface area contributed by atoms with Crippen molar-refractivity contribution in [3.63, 3.8) is 0 Å². The number of methoxy groups -OCH3 is 1. The third kappa shape index (κ3) is 4.08. The van der Waals surface area contributed by atoms with Crippen molar-refractivity contribution in [2.45, 2.75) is 38.8 Å². The first-order chi connectivity index (χ1) is 13.3. The number of imide groups is 1. The molecule has 1 fully saturated rings. The molecule has 3 N–H and O–H groups in total. The van der Waals surface area contributed by atoms with Gasteiger partial charge in [-0.1, -0.05) is 19.1 Å². The Morgan fingerprint density at radius 3 is 2.39 bits per heavy atom. The second-order valence-corrected chi connectivity index (χ2v) is 6.49. The van der Waals surface area contributed by atoms with Gasteiger partial charge >= 0.3 is 6.03 Å². The molecule has 1 saturated heterocycles. The van der Waals surface area contributed by atoms with Crippen molar-refractivity contribution in [2.75, 3.05) is 20.2 Å². The first-order valence-electron chi connectivity index (χ1n) is 9.14. The molecule has 5 amide bonds. The zero-order valence-corrected chi connectivity index (χ0v) is 16.5. The molecule has 152 valence electrons. The summed E-state index contributed by atoms with van der Waals surface area (Å²) in [6, 6.07) is 5.40. The van der Waals surface area contributed by atoms with Crippen molar-refractivity contribution in [3.8, 4) is 5.75 Å². The number of urea groups is 1. The second-order valence-electron chi connectivity index (χ2n) is 6.49. The molecule has 1 aliphatic heterocycles. The highest BCUT2D eigenvalue weighted by Crippen LogP contribution is 2.33. The van der Waals surface area contributed by atoms with E-state index in [0.717, 1.165) is 4.90 Å². The van der Waals surface area contributed by atoms with Crippen molar-refractivity contribution >= 4 is 23.8 Å². The number of carbonyl (C=O) groups is 4. The van der Waals surface area contributed by atoms with Gasteiger partial charge in [0.25, 0.3) is 5.91 Å². The van der Waals surface area contributed by atoms with Crippen LogP contribution in [-0.2, 0) is 19.9 Å². The molecule has 28 heavy (non-hydrogen) atoms. The fraction of sp³-hybridized carbons (Fsp3) is 0.474. The van der Waals surface area contributed by atoms with E-state index in [9.17, 15) is 19.2 Å². The number of amides is 5. The summed E-state index contributed by atoms with van der Waals surface area (Å²) in [7, 11) is 1.54. The Balaban J connectivity index is 2.14. The van der Waals surface area contributed by atoms with Crippen LogP contribution in [0, 0.1) is 0 Å². The third-order valence-corrected chi connectivity index (χ3v) is 4.71. The SMILES string of the molecule is CCNC(=O)[C@@H](C)NC(=O)CN1C(=O)N[C@@](CC)(c2ccc(OC)cc2)C1=O. The maximum Gasteiger partial charge on any atom is 0.325 e. The molecule has 1 aliphatic rings. The van der Waals surface area contributed by atoms with Crippen molar-refractivity contribution in [1.29, 1.82) is 0 Å². The van der Waals surface area contributed by atoms with Crippen LogP contribution in [0.2, 0.25) is 0 Å². The molecule has 2 atom stereocenters. The Bertz CT molecular complexity index is 764. The average molecular weight is 390 g/mol. The molecule has 0 aliphatic carbocycles. The lowest BCUT2D eigenvalue weighted by Crippen LogP contribution is -2.49. The van der Waals surface area contributed by atoms with Crippen LogP contribution in [-0.4, -0.2) is 54.9 Å². The fourth-order valence-electron chi connectivity index (χ4n) is 3.11. The third-order valence-electron chi connectivity index (χ3n) is 4.71. The van der Waals surface area contributed by atoms with E-state index in [2.05, 4.69) is 16.0 Å². The standard InChI is InChI=1S/C19H26N4O5/c1-5-19(13-7-9-14(28-4)10-8-13)17(26)23(18(27)22-19)11-15(24)21-12(3)16(25)20-6-2/h7-10,12H,5-6,11H2,1-4H3,(H,20,25)(H,21,24)(H,22,27)/t12-,19+/m1/s1. The van der Waals surface area contributed by atoms with Crippen LogP contribution in [0.25, 0.3) is 0 Å². The second kappa shape index (κ2) is 8.73. The van der Waals surface area contributed by atoms with E-state index in [1.54, 1.807) is 38.1 Å². The number of carbonyl (C=O) groups excluding carboxylic acids is 4. The molecule has 0 bridgehead atoms. The average Bonchev–Trinajstić information content (AvgIpc) is 2.93. The number of rotatable bonds is 8. The van der Waals surface area contributed by atoms with Crippen LogP contribution in [0.15, 0.2) is 24.3 Å². The Morgan fingerprint density at radius 2 is 1.86 bits per heavy atom. The van der Waals surface area contributed by atoms with E-state index in [4.69, 9.17) is 4.74 Å². The van der Waals surface area contributed by atoms with Gasteiger partial charge in [-0.3, -0.25) is 19.3 Å². The van der Waals surface area contributed by atoms with Gasteiger partial charge in [0.2, 0.25) is 11.8 Å². The first kappa shape index (κ1) is 21.2. The Kier molecular flexibility index (Phi) is 6.61. The van der Waals surface area contributed by atoms with Gasteiger partial charge in [-0.2, -0.15) is 0 Å². The normalized spacial score (nSPS) is 19.8. The number of benzene rings is 1. The molecule has 0 spiro atoms. The predicted molar refractivity (Wildman–Crippen MR) is 101 cm³/mol. The van der Waals surface area contributed by atoms with Crippen LogP contribution in [0.4, 0.5) is 4.79 Å². The van der Waals surface area contributed by atoms with Gasteiger partial charge in [-0.05, 0) is 38.0 Å². The number of nitrogens with one attached hydrogen (secondary N) is 3. The minimum atomic E-state index is -1.24. The fourth-order valence-corrected chi connectivity index (χ4v) is 3.11. The van der Waals surface area contributed by atoms with E-state index >= 15 is 0 Å². The number of nitrogens with zero attached hydrogens (tertiary/aromatic N) is 1. The van der Waals surface area contributed by atoms with Crippen molar-refractivity contribution in [2.24, 2.45) is 0 Å². The van der Waals surface area contributed by atoms with Gasteiger partial charge in [-0.15, -0.1) is 0 Å². The van der Waals surface area contributed by atoms with Gasteiger partial charge in [0.15, 0.2) is 0 Å². The van der Waals surface area contributed by atoms with Crippen LogP contribution < -0.4 is 20.7 Å². The maximum atomic E-state index is 13.0. The van der Waals surface area contributed by atoms with Crippen LogP contribution in [0.1, 0.15) is 32.8 Å². The highest BCUT2D eigenvalue weighted by molar-refractivity contribution is 6.09. The summed E-state index contributed by atoms with van der Waals surface area (Å²) in [6.07, 6.45) is 0.317. The zero-order valence-electron chi connectivity index (χ0n) is 16.5. The van der Waals surface area contributed by atoms with Gasteiger partial charge < -0.3 is 20.7 Å². The molecule has 9 nitrogen and oxygen atoms in total. The largest absolute Gasteiger partial charge is 0.497 e. The van der Waals surface area contributed by atoms with Crippen LogP contribution in [0.5, 0.6) is 5.75 Å². The summed E-state index contributed by atoms with van der Waals surface area (Å²) < 4.78 is 5.13. The summed E-state index contributed by atoms with van der Waals surface area (Å²) in [5, 5.41) is 7.79. The molecule has 1 aromatic carbocycles. The summed E-state index contributed by atoms with van der Waals surface area (Å²) in [5.41, 5.74) is -0.637. The summed E-state index contributed by atoms with van der Waals surface area (Å²) in [5.74, 6) is -0.814. The molecule has 0 radical (unpaired) electrons. The lowest BCUT2D eigenvalue weighted by atomic mass is 9.87. The van der Waals surface area contributed by atoms with Gasteiger partial charge in [0.05, 0.1) is 7.11 Å². The Hall–Kier alpha value is -3.10. The lowest BCUT2D eigenvalue weighted by molar-refractivity contribution is -0.136. The minimum Gasteiger partial charge on any atom is -0.497 e. The molecule has 0 unspecified atom stereocenters. The van der Waals surface area contributed by atoms with Gasteiger partial charge in [-0.25, -0.2) is 4.79 Å². The maximum absolute atomic E-state index is 13.0. The Labute approximate surface area is 163 Å². The summed E-state index contributed by atoms with van der Waals surface area (Å²) in [6.45, 7) is 5.05. The van der Waals surface area contributed by atoms with E-state index in [1.807, 2.05) is 0 Å². The van der Waals surface area contributed by atoms with E-state index in [1.165, 1.54) is 14.0 Å². The molecule has 0 aromatic heterocycles. The zero-order chi connectivity index (χ0) is 20.9. The van der Waals surface area contributed by atoms with Crippen LogP contribution in [0.3, 0.4) is 0 Å². The highest BCUT2D eigenvalue weighted by atomic mass is 16.5. The summed E-state index contributed by atoms with van der Waals surface area (Å²) in [4.78, 5) is 50.3. The van der Waals surface area contributed by atoms with E-state index < -0.39 is 36.0 Å². The van der Waals surface area contributed by atoms with Gasteiger partial charge in [0.1, 0.15) is 23.9 Å². The predicted octanol–water partition coefficient (Wildman–Crippen LogP) is 0.493. The smallest absolute Gasteiger partial charge is 0.325 e. The summed E-state index contributed by atoms with van der Waals surface area (Å²) >= 11 is 0. The van der Waals surface area contributed by atoms with Gasteiger partial charge in [0, 0.05) is 6.54 Å². The Morgan fingerprint density at radius 1 is 1.21 bits per heavy atom. The van der Waals surface area contributed by atoms with Crippen molar-refractivity contribution in [1.82, 2.24) is 20.9 Å². The minimum absolute atomic E-state index is 0.317. The van der Waals surface area contributed by atoms with Crippen LogP contribution >= 0.6 is 0 Å². The van der Waals surface area contributed by atoms with E-state index in [0.29, 0.717) is 24.3 Å². The number of hydrogen-bond acceptors (Lipinski definition) is 5. The van der Waals surface area contributed by atoms with Crippen molar-refractivity contribution < 1.29 is 23.9 Å². The topological polar surface area (TPSA) is 117 Å². The first-order valence-corrected chi connectivity index (χ1v) is 9.14. The molecule has 1 heterocycles. The molecular weight excluding hydrogens is 364 g/mol. The quantitative estimate of drug-likeness (QED) is 0.559. The van der Waals surface area contributed by atoms with E-state index in [-0.39, 0.29) is 5.91 Å². The number of likely N-dealkylation sites (N-methyl/N-ethyl adjacent to an activating group) is 1. The molecular formula is C19H26N4O5. The monoisotopic (exact) mass is 390 g/mol. The molecule has 1 aromatic rings. The number of ether oxygens (including phenoxy) is 1. The molecule has 2 rings (SSSR count). The molecule has 0 saturated carbocycles.